The average molecular weight is 261 g/mol. The minimum atomic E-state index is 0. The first-order valence-electron chi connectivity index (χ1n) is 3.90. The van der Waals surface area contributed by atoms with Crippen LogP contribution < -0.4 is 5.32 Å². The second-order valence-corrected chi connectivity index (χ2v) is 2.14. The fourth-order valence-corrected chi connectivity index (χ4v) is 0.436. The maximum absolute atomic E-state index is 10.8. The van der Waals surface area contributed by atoms with Crippen molar-refractivity contribution in [1.29, 1.82) is 0 Å². The van der Waals surface area contributed by atoms with Gasteiger partial charge in [0.05, 0.1) is 0 Å². The number of nitrogens with one attached hydrogen (secondary N) is 1. The number of rotatable bonds is 3. The second-order valence-electron chi connectivity index (χ2n) is 2.14. The molecule has 0 aromatic heterocycles. The van der Waals surface area contributed by atoms with Crippen LogP contribution in [0, 0.1) is 26.2 Å². The van der Waals surface area contributed by atoms with E-state index in [0.29, 0.717) is 6.54 Å². The Morgan fingerprint density at radius 2 is 2.00 bits per heavy atom. The molecule has 2 N–H and O–H groups in total. The van der Waals surface area contributed by atoms with Crippen LogP contribution in [0.1, 0.15) is 13.8 Å². The van der Waals surface area contributed by atoms with Crippen LogP contribution in [0.5, 0.6) is 0 Å². The Labute approximate surface area is 107 Å². The molecule has 0 rings (SSSR count). The molecule has 3 nitrogen and oxygen atoms in total. The van der Waals surface area contributed by atoms with Crippen LogP contribution in [0.15, 0.2) is 0 Å². The summed E-state index contributed by atoms with van der Waals surface area (Å²) in [5.74, 6) is 0.0549. The van der Waals surface area contributed by atoms with Gasteiger partial charge < -0.3 is 24.3 Å². The normalized spacial score (nSPS) is 10.2. The summed E-state index contributed by atoms with van der Waals surface area (Å²) in [4.78, 5) is 10.8. The Balaban J connectivity index is -0.000000220. The van der Waals surface area contributed by atoms with Gasteiger partial charge in [-0.15, -0.1) is 6.54 Å². The van der Waals surface area contributed by atoms with Crippen LogP contribution in [0.2, 0.25) is 0 Å². The van der Waals surface area contributed by atoms with E-state index >= 15 is 0 Å². The molecule has 0 saturated heterocycles. The van der Waals surface area contributed by atoms with Gasteiger partial charge in [-0.3, -0.25) is 4.79 Å². The van der Waals surface area contributed by atoms with Crippen molar-refractivity contribution in [2.45, 2.75) is 13.8 Å². The molecule has 1 unspecified atom stereocenters. The summed E-state index contributed by atoms with van der Waals surface area (Å²) in [6, 6.07) is 0. The zero-order valence-electron chi connectivity index (χ0n) is 8.42. The molecule has 0 aromatic rings. The molecule has 0 spiro atoms. The van der Waals surface area contributed by atoms with Crippen LogP contribution in [0.3, 0.4) is 0 Å². The molecule has 0 aliphatic heterocycles. The van der Waals surface area contributed by atoms with Gasteiger partial charge in [0.2, 0.25) is 5.91 Å². The topological polar surface area (TPSA) is 49.3 Å². The number of amides is 1. The summed E-state index contributed by atoms with van der Waals surface area (Å²) in [6.07, 6.45) is 1.85. The summed E-state index contributed by atoms with van der Waals surface area (Å²) in [5.41, 5.74) is 0. The molecule has 0 bridgehead atoms. The smallest absolute Gasteiger partial charge is 0.220 e. The summed E-state index contributed by atoms with van der Waals surface area (Å²) < 4.78 is 0. The molecule has 0 fully saturated rings. The Morgan fingerprint density at radius 3 is 2.23 bits per heavy atom. The van der Waals surface area contributed by atoms with Crippen molar-refractivity contribution in [2.24, 2.45) is 5.92 Å². The first-order chi connectivity index (χ1) is 5.63. The van der Waals surface area contributed by atoms with E-state index in [-0.39, 0.29) is 51.1 Å². The number of hydrogen-bond acceptors (Lipinski definition) is 2. The summed E-state index contributed by atoms with van der Waals surface area (Å²) in [6.45, 7) is 10.7. The van der Waals surface area contributed by atoms with Gasteiger partial charge in [-0.2, -0.15) is 0 Å². The fraction of sp³-hybridized carbons (Fsp3) is 0.556. The monoisotopic (exact) mass is 261 g/mol. The molecule has 0 aliphatic rings. The molecule has 0 saturated carbocycles. The fourth-order valence-electron chi connectivity index (χ4n) is 0.436. The number of aliphatic hydroxyl groups is 1. The maximum atomic E-state index is 10.8. The van der Waals surface area contributed by atoms with E-state index in [1.54, 1.807) is 0 Å². The Bertz CT molecular complexity index is 110. The molecule has 13 heavy (non-hydrogen) atoms. The van der Waals surface area contributed by atoms with E-state index in [4.69, 9.17) is 5.11 Å². The molecule has 0 aromatic carbocycles. The van der Waals surface area contributed by atoms with E-state index in [1.807, 2.05) is 20.3 Å². The van der Waals surface area contributed by atoms with Gasteiger partial charge in [-0.25, -0.2) is 0 Å². The van der Waals surface area contributed by atoms with Gasteiger partial charge in [-0.05, 0) is 6.42 Å². The quantitative estimate of drug-likeness (QED) is 0.731. The van der Waals surface area contributed by atoms with Crippen LogP contribution >= 0.6 is 0 Å². The Kier molecular flexibility index (Phi) is 22.1. The van der Waals surface area contributed by atoms with Crippen molar-refractivity contribution in [2.75, 3.05) is 13.2 Å². The first-order valence-corrected chi connectivity index (χ1v) is 3.90. The largest absolute Gasteiger partial charge is 0.428 e. The Morgan fingerprint density at radius 1 is 1.62 bits per heavy atom. The molecule has 1 amide bonds. The third-order valence-corrected chi connectivity index (χ3v) is 1.21. The molecular weight excluding hydrogens is 243 g/mol. The molecule has 4 heteroatoms. The van der Waals surface area contributed by atoms with Crippen molar-refractivity contribution in [3.63, 3.8) is 0 Å². The standard InChI is InChI=1S/C7H13NO.C2H5O.Y/c1-4-6(3)7(9)8-5-2;1-2-3;/h4,6H,2,5H2,1,3H3,(H,8,9);3H,1-2H2;/q2*-1;. The van der Waals surface area contributed by atoms with E-state index in [0.717, 1.165) is 0 Å². The zero-order valence-corrected chi connectivity index (χ0v) is 11.3. The predicted octanol–water partition coefficient (Wildman–Crippen LogP) is 0.607. The molecule has 1 atom stereocenters. The zero-order chi connectivity index (χ0) is 9.98. The van der Waals surface area contributed by atoms with Gasteiger partial charge in [0.1, 0.15) is 0 Å². The minimum absolute atomic E-state index is 0. The van der Waals surface area contributed by atoms with E-state index < -0.39 is 0 Å². The molecular formula is C9H18NO2Y-2. The van der Waals surface area contributed by atoms with Crippen molar-refractivity contribution in [3.8, 4) is 0 Å². The number of hydrogen-bond donors (Lipinski definition) is 2. The van der Waals surface area contributed by atoms with Gasteiger partial charge in [-0.1, -0.05) is 20.5 Å². The second kappa shape index (κ2) is 15.0. The molecule has 0 aliphatic carbocycles. The Hall–Kier alpha value is 0.534. The third-order valence-electron chi connectivity index (χ3n) is 1.21. The van der Waals surface area contributed by atoms with Gasteiger partial charge in [0, 0.05) is 38.6 Å². The van der Waals surface area contributed by atoms with Gasteiger partial charge in [0.25, 0.3) is 0 Å². The number of carbonyl (C=O) groups excluding carboxylic acids is 1. The van der Waals surface area contributed by atoms with Crippen molar-refractivity contribution in [1.82, 2.24) is 5.32 Å². The average Bonchev–Trinajstić information content (AvgIpc) is 2.05. The number of carbonyl (C=O) groups is 1. The SMILES string of the molecule is [CH2-]CNC(=O)C(C)[CH]C.[CH2-]CO.[Y]. The van der Waals surface area contributed by atoms with E-state index in [2.05, 4.69) is 19.2 Å². The maximum Gasteiger partial charge on any atom is 0.220 e. The minimum Gasteiger partial charge on any atom is -0.428 e. The van der Waals surface area contributed by atoms with Crippen molar-refractivity contribution >= 4 is 5.91 Å². The predicted molar refractivity (Wildman–Crippen MR) is 49.9 cm³/mol. The summed E-state index contributed by atoms with van der Waals surface area (Å²) in [7, 11) is 0. The molecule has 2 radical (unpaired) electrons. The van der Waals surface area contributed by atoms with E-state index in [1.165, 1.54) is 0 Å². The van der Waals surface area contributed by atoms with Crippen LogP contribution in [-0.2, 0) is 37.5 Å². The van der Waals surface area contributed by atoms with Crippen LogP contribution in [-0.4, -0.2) is 24.2 Å². The van der Waals surface area contributed by atoms with Crippen LogP contribution in [0.25, 0.3) is 0 Å². The van der Waals surface area contributed by atoms with Gasteiger partial charge >= 0.3 is 0 Å². The molecule has 76 valence electrons. The van der Waals surface area contributed by atoms with Crippen molar-refractivity contribution < 1.29 is 42.6 Å². The van der Waals surface area contributed by atoms with E-state index in [9.17, 15) is 4.79 Å². The van der Waals surface area contributed by atoms with Crippen LogP contribution in [0.4, 0.5) is 0 Å². The third kappa shape index (κ3) is 15.3. The summed E-state index contributed by atoms with van der Waals surface area (Å²) >= 11 is 0. The van der Waals surface area contributed by atoms with Crippen molar-refractivity contribution in [3.05, 3.63) is 20.3 Å². The first kappa shape index (κ1) is 19.2. The molecule has 0 heterocycles. The van der Waals surface area contributed by atoms with Gasteiger partial charge in [0.15, 0.2) is 0 Å². The number of aliphatic hydroxyl groups excluding tert-OH is 1. The summed E-state index contributed by atoms with van der Waals surface area (Å²) in [5, 5.41) is 10.1.